The average molecular weight is 346 g/mol. The first kappa shape index (κ1) is 17.6. The second-order valence-electron chi connectivity index (χ2n) is 5.17. The van der Waals surface area contributed by atoms with Gasteiger partial charge < -0.3 is 9.32 Å². The van der Waals surface area contributed by atoms with Crippen molar-refractivity contribution < 1.29 is 22.4 Å². The van der Waals surface area contributed by atoms with Crippen LogP contribution in [0.25, 0.3) is 0 Å². The Labute approximate surface area is 136 Å². The van der Waals surface area contributed by atoms with Gasteiger partial charge in [-0.1, -0.05) is 6.07 Å². The molecule has 1 amide bonds. The third-order valence-corrected chi connectivity index (χ3v) is 3.98. The molecule has 0 fully saturated rings. The predicted molar refractivity (Wildman–Crippen MR) is 80.8 cm³/mol. The molecule has 23 heavy (non-hydrogen) atoms. The average Bonchev–Trinajstić information content (AvgIpc) is 3.10. The number of halogens is 3. The molecule has 2 aromatic heterocycles. The number of thiophene rings is 1. The second kappa shape index (κ2) is 7.65. The van der Waals surface area contributed by atoms with Crippen LogP contribution < -0.4 is 0 Å². The van der Waals surface area contributed by atoms with Crippen LogP contribution in [0.4, 0.5) is 13.2 Å². The summed E-state index contributed by atoms with van der Waals surface area (Å²) in [5.41, 5.74) is 0. The highest BCUT2D eigenvalue weighted by Gasteiger charge is 2.31. The second-order valence-corrected chi connectivity index (χ2v) is 6.20. The summed E-state index contributed by atoms with van der Waals surface area (Å²) in [4.78, 5) is 15.5. The lowest BCUT2D eigenvalue weighted by atomic mass is 10.3. The van der Waals surface area contributed by atoms with Gasteiger partial charge in [0.15, 0.2) is 0 Å². The van der Waals surface area contributed by atoms with Gasteiger partial charge in [0, 0.05) is 18.5 Å². The Bertz CT molecular complexity index is 561. The van der Waals surface area contributed by atoms with Crippen molar-refractivity contribution in [2.75, 3.05) is 20.1 Å². The summed E-state index contributed by atoms with van der Waals surface area (Å²) >= 11 is 1.53. The lowest BCUT2D eigenvalue weighted by Gasteiger charge is -2.24. The highest BCUT2D eigenvalue weighted by molar-refractivity contribution is 7.09. The summed E-state index contributed by atoms with van der Waals surface area (Å²) < 4.78 is 42.4. The van der Waals surface area contributed by atoms with Crippen LogP contribution in [0.5, 0.6) is 0 Å². The lowest BCUT2D eigenvalue weighted by Crippen LogP contribution is -2.41. The van der Waals surface area contributed by atoms with E-state index in [1.807, 2.05) is 17.5 Å². The Morgan fingerprint density at radius 3 is 2.61 bits per heavy atom. The van der Waals surface area contributed by atoms with Crippen LogP contribution in [-0.2, 0) is 17.9 Å². The van der Waals surface area contributed by atoms with E-state index in [0.29, 0.717) is 23.7 Å². The van der Waals surface area contributed by atoms with Crippen molar-refractivity contribution in [1.82, 2.24) is 9.80 Å². The van der Waals surface area contributed by atoms with Gasteiger partial charge in [0.05, 0.1) is 19.4 Å². The van der Waals surface area contributed by atoms with Crippen molar-refractivity contribution in [2.24, 2.45) is 0 Å². The molecule has 2 heterocycles. The molecule has 0 saturated heterocycles. The van der Waals surface area contributed by atoms with Gasteiger partial charge in [-0.25, -0.2) is 0 Å². The zero-order chi connectivity index (χ0) is 16.9. The molecule has 2 rings (SSSR count). The maximum absolute atomic E-state index is 12.4. The minimum Gasteiger partial charge on any atom is -0.468 e. The van der Waals surface area contributed by atoms with Gasteiger partial charge >= 0.3 is 6.18 Å². The number of hydrogen-bond acceptors (Lipinski definition) is 4. The fourth-order valence-corrected chi connectivity index (χ4v) is 2.83. The summed E-state index contributed by atoms with van der Waals surface area (Å²) in [6.07, 6.45) is -2.87. The summed E-state index contributed by atoms with van der Waals surface area (Å²) in [5, 5.41) is 1.91. The lowest BCUT2D eigenvalue weighted by molar-refractivity contribution is -0.159. The van der Waals surface area contributed by atoms with E-state index in [1.165, 1.54) is 17.6 Å². The Kier molecular flexibility index (Phi) is 5.84. The zero-order valence-electron chi connectivity index (χ0n) is 12.5. The van der Waals surface area contributed by atoms with Crippen LogP contribution in [0.2, 0.25) is 0 Å². The van der Waals surface area contributed by atoms with Crippen molar-refractivity contribution in [3.63, 3.8) is 0 Å². The van der Waals surface area contributed by atoms with Crippen LogP contribution in [0, 0.1) is 0 Å². The van der Waals surface area contributed by atoms with E-state index in [9.17, 15) is 18.0 Å². The van der Waals surface area contributed by atoms with Gasteiger partial charge in [-0.2, -0.15) is 13.2 Å². The van der Waals surface area contributed by atoms with E-state index in [1.54, 1.807) is 17.0 Å². The molecule has 0 spiro atoms. The third kappa shape index (κ3) is 6.07. The zero-order valence-corrected chi connectivity index (χ0v) is 13.4. The van der Waals surface area contributed by atoms with Gasteiger partial charge in [-0.15, -0.1) is 11.3 Å². The molecule has 2 aromatic rings. The molecular weight excluding hydrogens is 329 g/mol. The van der Waals surface area contributed by atoms with E-state index in [4.69, 9.17) is 4.42 Å². The van der Waals surface area contributed by atoms with Crippen LogP contribution in [0.3, 0.4) is 0 Å². The smallest absolute Gasteiger partial charge is 0.406 e. The largest absolute Gasteiger partial charge is 0.468 e. The number of carbonyl (C=O) groups is 1. The van der Waals surface area contributed by atoms with Crippen molar-refractivity contribution in [3.8, 4) is 0 Å². The standard InChI is InChI=1S/C15H17F3N2O2S/c1-19(11-15(16,17)18)14(21)10-20(8-12-4-2-6-22-12)9-13-5-3-7-23-13/h2-7H,8-11H2,1H3. The van der Waals surface area contributed by atoms with Crippen molar-refractivity contribution in [3.05, 3.63) is 46.5 Å². The quantitative estimate of drug-likeness (QED) is 0.771. The number of hydrogen-bond donors (Lipinski definition) is 0. The summed E-state index contributed by atoms with van der Waals surface area (Å²) in [5.74, 6) is 0.0817. The first-order valence-corrected chi connectivity index (χ1v) is 7.79. The minimum absolute atomic E-state index is 0.106. The summed E-state index contributed by atoms with van der Waals surface area (Å²) in [6, 6.07) is 7.31. The Balaban J connectivity index is 1.99. The van der Waals surface area contributed by atoms with Crippen molar-refractivity contribution in [2.45, 2.75) is 19.3 Å². The molecule has 126 valence electrons. The van der Waals surface area contributed by atoms with E-state index >= 15 is 0 Å². The van der Waals surface area contributed by atoms with Crippen LogP contribution >= 0.6 is 11.3 Å². The first-order chi connectivity index (χ1) is 10.8. The fourth-order valence-electron chi connectivity index (χ4n) is 2.08. The van der Waals surface area contributed by atoms with Crippen molar-refractivity contribution in [1.29, 1.82) is 0 Å². The van der Waals surface area contributed by atoms with E-state index in [0.717, 1.165) is 11.9 Å². The van der Waals surface area contributed by atoms with Gasteiger partial charge in [0.2, 0.25) is 5.91 Å². The number of likely N-dealkylation sites (N-methyl/N-ethyl adjacent to an activating group) is 1. The minimum atomic E-state index is -4.40. The molecule has 4 nitrogen and oxygen atoms in total. The third-order valence-electron chi connectivity index (χ3n) is 3.12. The molecule has 0 bridgehead atoms. The molecular formula is C15H17F3N2O2S. The maximum atomic E-state index is 12.4. The molecule has 0 aromatic carbocycles. The first-order valence-electron chi connectivity index (χ1n) is 6.91. The molecule has 0 aliphatic rings. The molecule has 0 radical (unpaired) electrons. The number of carbonyl (C=O) groups excluding carboxylic acids is 1. The summed E-state index contributed by atoms with van der Waals surface area (Å²) in [7, 11) is 1.16. The number of alkyl halides is 3. The highest BCUT2D eigenvalue weighted by atomic mass is 32.1. The van der Waals surface area contributed by atoms with E-state index < -0.39 is 18.6 Å². The topological polar surface area (TPSA) is 36.7 Å². The van der Waals surface area contributed by atoms with Crippen LogP contribution in [-0.4, -0.2) is 42.0 Å². The highest BCUT2D eigenvalue weighted by Crippen LogP contribution is 2.17. The number of amides is 1. The van der Waals surface area contributed by atoms with E-state index in [2.05, 4.69) is 0 Å². The number of furan rings is 1. The monoisotopic (exact) mass is 346 g/mol. The molecule has 8 heteroatoms. The maximum Gasteiger partial charge on any atom is 0.406 e. The summed E-state index contributed by atoms with van der Waals surface area (Å²) in [6.45, 7) is -0.523. The normalized spacial score (nSPS) is 11.9. The molecule has 0 aliphatic carbocycles. The number of nitrogens with zero attached hydrogens (tertiary/aromatic N) is 2. The Morgan fingerprint density at radius 1 is 1.26 bits per heavy atom. The van der Waals surface area contributed by atoms with E-state index in [-0.39, 0.29) is 6.54 Å². The fraction of sp³-hybridized carbons (Fsp3) is 0.400. The molecule has 0 N–H and O–H groups in total. The number of rotatable bonds is 7. The molecule has 0 atom stereocenters. The molecule has 0 unspecified atom stereocenters. The van der Waals surface area contributed by atoms with Gasteiger partial charge in [-0.05, 0) is 23.6 Å². The Morgan fingerprint density at radius 2 is 2.04 bits per heavy atom. The van der Waals surface area contributed by atoms with Gasteiger partial charge in [-0.3, -0.25) is 9.69 Å². The van der Waals surface area contributed by atoms with Gasteiger partial charge in [0.25, 0.3) is 0 Å². The Hall–Kier alpha value is -1.80. The molecule has 0 saturated carbocycles. The van der Waals surface area contributed by atoms with Crippen molar-refractivity contribution >= 4 is 17.2 Å². The predicted octanol–water partition coefficient (Wildman–Crippen LogP) is 3.36. The molecule has 0 aliphatic heterocycles. The van der Waals surface area contributed by atoms with Crippen LogP contribution in [0.15, 0.2) is 40.3 Å². The van der Waals surface area contributed by atoms with Gasteiger partial charge in [0.1, 0.15) is 12.3 Å². The SMILES string of the molecule is CN(CC(F)(F)F)C(=O)CN(Cc1ccco1)Cc1cccs1. The van der Waals surface area contributed by atoms with Crippen LogP contribution in [0.1, 0.15) is 10.6 Å².